The maximum absolute atomic E-state index is 4.79. The van der Waals surface area contributed by atoms with E-state index in [0.717, 1.165) is 36.9 Å². The number of aryl methyl sites for hydroxylation is 1. The van der Waals surface area contributed by atoms with Crippen LogP contribution in [0.4, 0.5) is 0 Å². The van der Waals surface area contributed by atoms with Crippen LogP contribution in [0.25, 0.3) is 9.88 Å². The summed E-state index contributed by atoms with van der Waals surface area (Å²) in [6, 6.07) is 4.22. The predicted molar refractivity (Wildman–Crippen MR) is 91.2 cm³/mol. The molecule has 0 saturated heterocycles. The Balaban J connectivity index is 1.48. The van der Waals surface area contributed by atoms with E-state index in [0.29, 0.717) is 0 Å². The minimum Gasteiger partial charge on any atom is -0.330 e. The molecule has 0 spiro atoms. The number of aromatic nitrogens is 3. The second-order valence-electron chi connectivity index (χ2n) is 5.68. The highest BCUT2D eigenvalue weighted by atomic mass is 32.1. The molecule has 6 heteroatoms. The summed E-state index contributed by atoms with van der Waals surface area (Å²) in [5.41, 5.74) is 3.63. The van der Waals surface area contributed by atoms with Crippen LogP contribution in [0, 0.1) is 13.8 Å². The Kier molecular flexibility index (Phi) is 3.60. The Morgan fingerprint density at radius 1 is 1.18 bits per heavy atom. The third kappa shape index (κ3) is 2.51. The number of thiazole rings is 1. The van der Waals surface area contributed by atoms with Gasteiger partial charge in [0.1, 0.15) is 10.8 Å². The Bertz CT molecular complexity index is 785. The zero-order valence-electron chi connectivity index (χ0n) is 12.7. The summed E-state index contributed by atoms with van der Waals surface area (Å²) in [7, 11) is 0. The molecule has 4 nitrogen and oxygen atoms in total. The smallest absolute Gasteiger partial charge is 0.133 e. The zero-order valence-corrected chi connectivity index (χ0v) is 14.4. The van der Waals surface area contributed by atoms with Crippen LogP contribution >= 0.6 is 22.7 Å². The summed E-state index contributed by atoms with van der Waals surface area (Å²) in [6.45, 7) is 8.18. The van der Waals surface area contributed by atoms with Gasteiger partial charge in [0.15, 0.2) is 0 Å². The number of thiophene rings is 1. The lowest BCUT2D eigenvalue weighted by Gasteiger charge is -2.27. The van der Waals surface area contributed by atoms with Crippen LogP contribution < -0.4 is 0 Å². The third-order valence-electron chi connectivity index (χ3n) is 4.21. The molecule has 4 rings (SSSR count). The summed E-state index contributed by atoms with van der Waals surface area (Å²) in [4.78, 5) is 13.2. The van der Waals surface area contributed by atoms with Crippen LogP contribution in [-0.4, -0.2) is 26.0 Å². The molecule has 0 radical (unpaired) electrons. The first-order valence-electron chi connectivity index (χ1n) is 7.44. The van der Waals surface area contributed by atoms with Gasteiger partial charge in [-0.1, -0.05) is 6.07 Å². The number of nitrogens with zero attached hydrogens (tertiary/aromatic N) is 4. The fourth-order valence-corrected chi connectivity index (χ4v) is 4.54. The lowest BCUT2D eigenvalue weighted by Crippen LogP contribution is -2.33. The van der Waals surface area contributed by atoms with E-state index in [4.69, 9.17) is 9.97 Å². The van der Waals surface area contributed by atoms with Gasteiger partial charge in [0.2, 0.25) is 0 Å². The fourth-order valence-electron chi connectivity index (χ4n) is 2.92. The summed E-state index contributed by atoms with van der Waals surface area (Å²) < 4.78 is 2.35. The average molecular weight is 330 g/mol. The van der Waals surface area contributed by atoms with Gasteiger partial charge in [0.05, 0.1) is 22.8 Å². The first-order chi connectivity index (χ1) is 10.7. The lowest BCUT2D eigenvalue weighted by atomic mass is 10.3. The van der Waals surface area contributed by atoms with Crippen LogP contribution in [0.15, 0.2) is 22.9 Å². The molecule has 0 bridgehead atoms. The van der Waals surface area contributed by atoms with E-state index < -0.39 is 0 Å². The molecule has 0 N–H and O–H groups in total. The maximum Gasteiger partial charge on any atom is 0.133 e. The van der Waals surface area contributed by atoms with Crippen molar-refractivity contribution in [2.24, 2.45) is 0 Å². The molecule has 4 heterocycles. The van der Waals surface area contributed by atoms with E-state index in [1.54, 1.807) is 22.7 Å². The summed E-state index contributed by atoms with van der Waals surface area (Å²) in [6.07, 6.45) is 0. The largest absolute Gasteiger partial charge is 0.330 e. The Labute approximate surface area is 138 Å². The molecule has 1 aliphatic heterocycles. The minimum atomic E-state index is 0.910. The molecule has 0 atom stereocenters. The highest BCUT2D eigenvalue weighted by Crippen LogP contribution is 2.28. The summed E-state index contributed by atoms with van der Waals surface area (Å²) in [5.74, 6) is 1.19. The molecule has 114 valence electrons. The van der Waals surface area contributed by atoms with Gasteiger partial charge in [-0.2, -0.15) is 0 Å². The van der Waals surface area contributed by atoms with Gasteiger partial charge in [-0.3, -0.25) is 4.90 Å². The van der Waals surface area contributed by atoms with Crippen LogP contribution in [0.3, 0.4) is 0 Å². The van der Waals surface area contributed by atoms with Crippen molar-refractivity contribution in [1.82, 2.24) is 19.4 Å². The van der Waals surface area contributed by atoms with Crippen molar-refractivity contribution in [2.75, 3.05) is 6.54 Å². The average Bonchev–Trinajstić information content (AvgIpc) is 3.21. The maximum atomic E-state index is 4.79. The quantitative estimate of drug-likeness (QED) is 0.734. The molecule has 0 unspecified atom stereocenters. The molecular weight excluding hydrogens is 312 g/mol. The van der Waals surface area contributed by atoms with Crippen molar-refractivity contribution in [1.29, 1.82) is 0 Å². The molecule has 0 aliphatic carbocycles. The van der Waals surface area contributed by atoms with Crippen LogP contribution in [0.5, 0.6) is 0 Å². The van der Waals surface area contributed by atoms with E-state index in [-0.39, 0.29) is 0 Å². The SMILES string of the molecule is Cc1nc2n(c1C)CCN(Cc1csc(-c3cccs3)n1)C2. The van der Waals surface area contributed by atoms with Gasteiger partial charge < -0.3 is 4.57 Å². The molecule has 3 aromatic heterocycles. The van der Waals surface area contributed by atoms with Gasteiger partial charge in [0.25, 0.3) is 0 Å². The zero-order chi connectivity index (χ0) is 15.1. The number of fused-ring (bicyclic) bond motifs is 1. The molecular formula is C16H18N4S2. The van der Waals surface area contributed by atoms with Crippen molar-refractivity contribution in [2.45, 2.75) is 33.5 Å². The molecule has 3 aromatic rings. The first kappa shape index (κ1) is 14.1. The second kappa shape index (κ2) is 5.61. The molecule has 0 fully saturated rings. The standard InChI is InChI=1S/C16H18N4S2/c1-11-12(2)20-6-5-19(9-15(20)17-11)8-13-10-22-16(18-13)14-4-3-7-21-14/h3-4,7,10H,5-6,8-9H2,1-2H3. The second-order valence-corrected chi connectivity index (χ2v) is 7.49. The highest BCUT2D eigenvalue weighted by Gasteiger charge is 2.21. The van der Waals surface area contributed by atoms with E-state index in [2.05, 4.69) is 46.2 Å². The fraction of sp³-hybridized carbons (Fsp3) is 0.375. The van der Waals surface area contributed by atoms with E-state index in [9.17, 15) is 0 Å². The third-order valence-corrected chi connectivity index (χ3v) is 6.14. The summed E-state index contributed by atoms with van der Waals surface area (Å²) >= 11 is 3.49. The van der Waals surface area contributed by atoms with Gasteiger partial charge in [0, 0.05) is 30.7 Å². The molecule has 0 saturated carbocycles. The van der Waals surface area contributed by atoms with Crippen molar-refractivity contribution >= 4 is 22.7 Å². The van der Waals surface area contributed by atoms with Crippen LogP contribution in [0.1, 0.15) is 22.9 Å². The van der Waals surface area contributed by atoms with Gasteiger partial charge in [-0.05, 0) is 25.3 Å². The number of rotatable bonds is 3. The van der Waals surface area contributed by atoms with Crippen molar-refractivity contribution in [3.8, 4) is 9.88 Å². The van der Waals surface area contributed by atoms with Crippen molar-refractivity contribution in [3.63, 3.8) is 0 Å². The van der Waals surface area contributed by atoms with E-state index >= 15 is 0 Å². The van der Waals surface area contributed by atoms with Crippen LogP contribution in [-0.2, 0) is 19.6 Å². The first-order valence-corrected chi connectivity index (χ1v) is 9.20. The summed E-state index contributed by atoms with van der Waals surface area (Å²) in [5, 5.41) is 5.42. The number of hydrogen-bond donors (Lipinski definition) is 0. The molecule has 1 aliphatic rings. The van der Waals surface area contributed by atoms with Gasteiger partial charge in [-0.25, -0.2) is 9.97 Å². The number of hydrogen-bond acceptors (Lipinski definition) is 5. The monoisotopic (exact) mass is 330 g/mol. The Morgan fingerprint density at radius 2 is 2.09 bits per heavy atom. The molecule has 0 aromatic carbocycles. The predicted octanol–water partition coefficient (Wildman–Crippen LogP) is 3.70. The van der Waals surface area contributed by atoms with E-state index in [1.807, 2.05) is 0 Å². The lowest BCUT2D eigenvalue weighted by molar-refractivity contribution is 0.206. The van der Waals surface area contributed by atoms with Crippen molar-refractivity contribution < 1.29 is 0 Å². The van der Waals surface area contributed by atoms with Crippen molar-refractivity contribution in [3.05, 3.63) is 45.8 Å². The Hall–Kier alpha value is -1.50. The van der Waals surface area contributed by atoms with E-state index in [1.165, 1.54) is 22.1 Å². The van der Waals surface area contributed by atoms with Gasteiger partial charge in [-0.15, -0.1) is 22.7 Å². The highest BCUT2D eigenvalue weighted by molar-refractivity contribution is 7.20. The topological polar surface area (TPSA) is 34.0 Å². The molecule has 0 amide bonds. The minimum absolute atomic E-state index is 0.910. The number of imidazole rings is 1. The molecule has 22 heavy (non-hydrogen) atoms. The Morgan fingerprint density at radius 3 is 2.91 bits per heavy atom. The normalized spacial score (nSPS) is 15.2. The van der Waals surface area contributed by atoms with Crippen LogP contribution in [0.2, 0.25) is 0 Å². The van der Waals surface area contributed by atoms with Gasteiger partial charge >= 0.3 is 0 Å².